The number of para-hydroxylation sites is 2. The number of hydrogen-bond acceptors (Lipinski definition) is 5. The molecule has 6 aromatic carbocycles. The van der Waals surface area contributed by atoms with Gasteiger partial charge >= 0.3 is 0 Å². The summed E-state index contributed by atoms with van der Waals surface area (Å²) in [6, 6.07) is 47.5. The summed E-state index contributed by atoms with van der Waals surface area (Å²) < 4.78 is 12.8. The molecule has 3 heterocycles. The van der Waals surface area contributed by atoms with Gasteiger partial charge in [0, 0.05) is 38.2 Å². The maximum Gasteiger partial charge on any atom is 0.159 e. The molecule has 2 aromatic heterocycles. The first-order valence-electron chi connectivity index (χ1n) is 14.7. The number of amidine groups is 2. The van der Waals surface area contributed by atoms with E-state index in [-0.39, 0.29) is 6.17 Å². The molecular weight excluding hydrogens is 542 g/mol. The minimum absolute atomic E-state index is 0.256. The number of benzene rings is 6. The van der Waals surface area contributed by atoms with Gasteiger partial charge in [-0.05, 0) is 41.5 Å². The molecule has 44 heavy (non-hydrogen) atoms. The quantitative estimate of drug-likeness (QED) is 0.230. The third kappa shape index (κ3) is 4.02. The molecule has 5 nitrogen and oxygen atoms in total. The fraction of sp³-hybridized carbons (Fsp3) is 0.0256. The van der Waals surface area contributed by atoms with Crippen molar-refractivity contribution >= 4 is 55.5 Å². The number of nitrogens with one attached hydrogen (secondary N) is 1. The average Bonchev–Trinajstić information content (AvgIpc) is 3.66. The lowest BCUT2D eigenvalue weighted by Crippen LogP contribution is -2.33. The van der Waals surface area contributed by atoms with Gasteiger partial charge in [-0.1, -0.05) is 109 Å². The van der Waals surface area contributed by atoms with Crippen molar-refractivity contribution in [1.82, 2.24) is 5.32 Å². The van der Waals surface area contributed by atoms with Crippen LogP contribution in [0, 0.1) is 0 Å². The van der Waals surface area contributed by atoms with Gasteiger partial charge in [0.05, 0.1) is 0 Å². The lowest BCUT2D eigenvalue weighted by Gasteiger charge is -2.23. The number of nitrogens with zero attached hydrogens (tertiary/aromatic N) is 2. The molecule has 1 atom stereocenters. The van der Waals surface area contributed by atoms with Crippen LogP contribution in [0.1, 0.15) is 22.9 Å². The van der Waals surface area contributed by atoms with Crippen molar-refractivity contribution in [2.75, 3.05) is 0 Å². The maximum atomic E-state index is 6.49. The van der Waals surface area contributed by atoms with E-state index in [9.17, 15) is 0 Å². The monoisotopic (exact) mass is 567 g/mol. The second-order valence-electron chi connectivity index (χ2n) is 11.0. The zero-order valence-electron chi connectivity index (χ0n) is 23.6. The third-order valence-electron chi connectivity index (χ3n) is 8.35. The summed E-state index contributed by atoms with van der Waals surface area (Å²) in [5.74, 6) is 1.45. The number of furan rings is 2. The molecule has 1 aliphatic heterocycles. The molecule has 1 aliphatic rings. The lowest BCUT2D eigenvalue weighted by atomic mass is 10.0. The Morgan fingerprint density at radius 1 is 0.500 bits per heavy atom. The molecule has 0 radical (unpaired) electrons. The van der Waals surface area contributed by atoms with Crippen LogP contribution in [0.5, 0.6) is 0 Å². The Kier molecular flexibility index (Phi) is 5.50. The van der Waals surface area contributed by atoms with Crippen molar-refractivity contribution in [3.63, 3.8) is 0 Å². The van der Waals surface area contributed by atoms with E-state index in [0.29, 0.717) is 5.84 Å². The van der Waals surface area contributed by atoms with Crippen LogP contribution in [0.25, 0.3) is 55.0 Å². The summed E-state index contributed by atoms with van der Waals surface area (Å²) >= 11 is 0. The van der Waals surface area contributed by atoms with E-state index in [2.05, 4.69) is 84.2 Å². The molecule has 1 N–H and O–H groups in total. The van der Waals surface area contributed by atoms with E-state index in [1.165, 1.54) is 0 Å². The normalized spacial score (nSPS) is 15.0. The van der Waals surface area contributed by atoms with Crippen LogP contribution in [0.2, 0.25) is 0 Å². The first kappa shape index (κ1) is 24.6. The molecule has 0 saturated heterocycles. The molecule has 0 fully saturated rings. The predicted octanol–water partition coefficient (Wildman–Crippen LogP) is 9.65. The van der Waals surface area contributed by atoms with Gasteiger partial charge in [-0.3, -0.25) is 0 Å². The van der Waals surface area contributed by atoms with Gasteiger partial charge in [-0.25, -0.2) is 9.98 Å². The predicted molar refractivity (Wildman–Crippen MR) is 178 cm³/mol. The Morgan fingerprint density at radius 3 is 1.98 bits per heavy atom. The molecule has 1 unspecified atom stereocenters. The van der Waals surface area contributed by atoms with Crippen LogP contribution in [0.3, 0.4) is 0 Å². The van der Waals surface area contributed by atoms with Crippen LogP contribution in [-0.4, -0.2) is 11.7 Å². The molecule has 0 bridgehead atoms. The van der Waals surface area contributed by atoms with Crippen molar-refractivity contribution < 1.29 is 8.83 Å². The zero-order valence-corrected chi connectivity index (χ0v) is 23.6. The van der Waals surface area contributed by atoms with Crippen molar-refractivity contribution in [3.8, 4) is 11.1 Å². The van der Waals surface area contributed by atoms with Crippen LogP contribution in [0.4, 0.5) is 0 Å². The molecule has 0 saturated carbocycles. The van der Waals surface area contributed by atoms with Gasteiger partial charge in [-0.15, -0.1) is 0 Å². The molecule has 0 amide bonds. The van der Waals surface area contributed by atoms with E-state index in [1.807, 2.05) is 60.7 Å². The van der Waals surface area contributed by atoms with Crippen molar-refractivity contribution in [2.45, 2.75) is 6.17 Å². The summed E-state index contributed by atoms with van der Waals surface area (Å²) in [7, 11) is 0. The molecule has 208 valence electrons. The second-order valence-corrected chi connectivity index (χ2v) is 11.0. The highest BCUT2D eigenvalue weighted by molar-refractivity contribution is 6.15. The Bertz CT molecular complexity index is 2420. The fourth-order valence-electron chi connectivity index (χ4n) is 6.19. The van der Waals surface area contributed by atoms with Gasteiger partial charge < -0.3 is 14.2 Å². The first-order chi connectivity index (χ1) is 21.8. The SMILES string of the molecule is c1ccc(C2=NC(c3ccc4c(c3)oc3cc(-c5cccc6c5oc5ccccc56)ccc34)=NC(c3ccccc3)N2)cc1. The van der Waals surface area contributed by atoms with Gasteiger partial charge in [0.2, 0.25) is 0 Å². The molecule has 0 aliphatic carbocycles. The van der Waals surface area contributed by atoms with E-state index >= 15 is 0 Å². The summed E-state index contributed by atoms with van der Waals surface area (Å²) in [5, 5.41) is 7.87. The van der Waals surface area contributed by atoms with Gasteiger partial charge in [0.15, 0.2) is 5.84 Å². The largest absolute Gasteiger partial charge is 0.456 e. The lowest BCUT2D eigenvalue weighted by molar-refractivity contribution is 0.667. The Labute approximate surface area is 252 Å². The van der Waals surface area contributed by atoms with Crippen LogP contribution in [-0.2, 0) is 0 Å². The van der Waals surface area contributed by atoms with Gasteiger partial charge in [-0.2, -0.15) is 0 Å². The van der Waals surface area contributed by atoms with Crippen LogP contribution in [0.15, 0.2) is 158 Å². The number of hydrogen-bond donors (Lipinski definition) is 1. The summed E-state index contributed by atoms with van der Waals surface area (Å²) in [5.41, 5.74) is 8.47. The molecule has 5 heteroatoms. The summed E-state index contributed by atoms with van der Waals surface area (Å²) in [4.78, 5) is 9.99. The Balaban J connectivity index is 1.15. The van der Waals surface area contributed by atoms with E-state index in [0.717, 1.165) is 77.5 Å². The highest BCUT2D eigenvalue weighted by Gasteiger charge is 2.22. The fourth-order valence-corrected chi connectivity index (χ4v) is 6.19. The summed E-state index contributed by atoms with van der Waals surface area (Å²) in [6.07, 6.45) is -0.256. The minimum atomic E-state index is -0.256. The zero-order chi connectivity index (χ0) is 29.0. The first-order valence-corrected chi connectivity index (χ1v) is 14.7. The summed E-state index contributed by atoms with van der Waals surface area (Å²) in [6.45, 7) is 0. The number of aliphatic imine (C=N–C) groups is 2. The highest BCUT2D eigenvalue weighted by atomic mass is 16.3. The van der Waals surface area contributed by atoms with Crippen LogP contribution >= 0.6 is 0 Å². The maximum absolute atomic E-state index is 6.49. The molecular formula is C39H25N3O2. The van der Waals surface area contributed by atoms with Crippen molar-refractivity contribution in [3.05, 3.63) is 156 Å². The Hall–Kier alpha value is -5.94. The number of rotatable bonds is 4. The average molecular weight is 568 g/mol. The molecule has 0 spiro atoms. The highest BCUT2D eigenvalue weighted by Crippen LogP contribution is 2.38. The smallest absolute Gasteiger partial charge is 0.159 e. The number of fused-ring (bicyclic) bond motifs is 6. The standard InChI is InChI=1S/C39H25N3O2/c1-3-10-24(11-4-1)37-40-38(25-12-5-2-6-13-25)42-39(41-37)27-19-21-31-30-20-18-26(22-34(30)43-35(31)23-27)28-15-9-16-32-29-14-7-8-17-33(29)44-36(28)32/h1-23,37H,(H,40,41,42). The van der Waals surface area contributed by atoms with E-state index < -0.39 is 0 Å². The van der Waals surface area contributed by atoms with Crippen LogP contribution < -0.4 is 5.32 Å². The second kappa shape index (κ2) is 9.82. The van der Waals surface area contributed by atoms with E-state index in [4.69, 9.17) is 18.8 Å². The Morgan fingerprint density at radius 2 is 1.16 bits per heavy atom. The third-order valence-corrected chi connectivity index (χ3v) is 8.35. The molecule has 9 rings (SSSR count). The van der Waals surface area contributed by atoms with Gasteiger partial charge in [0.25, 0.3) is 0 Å². The van der Waals surface area contributed by atoms with E-state index in [1.54, 1.807) is 0 Å². The van der Waals surface area contributed by atoms with Crippen molar-refractivity contribution in [2.24, 2.45) is 9.98 Å². The molecule has 8 aromatic rings. The van der Waals surface area contributed by atoms with Crippen molar-refractivity contribution in [1.29, 1.82) is 0 Å². The topological polar surface area (TPSA) is 63.0 Å². The minimum Gasteiger partial charge on any atom is -0.456 e. The van der Waals surface area contributed by atoms with Gasteiger partial charge in [0.1, 0.15) is 34.3 Å².